The van der Waals surface area contributed by atoms with Gasteiger partial charge in [-0.2, -0.15) is 0 Å². The van der Waals surface area contributed by atoms with Gasteiger partial charge < -0.3 is 10.1 Å². The summed E-state index contributed by atoms with van der Waals surface area (Å²) in [6.07, 6.45) is 0. The van der Waals surface area contributed by atoms with E-state index in [0.29, 0.717) is 5.92 Å². The molecule has 2 rings (SSSR count). The topological polar surface area (TPSA) is 110 Å². The first-order chi connectivity index (χ1) is 11.8. The fourth-order valence-electron chi connectivity index (χ4n) is 2.01. The Balaban J connectivity index is 1.91. The number of carbonyl (C=O) groups excluding carboxylic acids is 1. The number of nitrogens with zero attached hydrogens (tertiary/aromatic N) is 2. The summed E-state index contributed by atoms with van der Waals surface area (Å²) in [5.74, 6) is 0.701. The van der Waals surface area contributed by atoms with Crippen LogP contribution in [0, 0.1) is 0 Å². The zero-order valence-electron chi connectivity index (χ0n) is 14.1. The minimum atomic E-state index is -3.79. The van der Waals surface area contributed by atoms with Crippen molar-refractivity contribution in [3.05, 3.63) is 29.8 Å². The molecule has 0 bridgehead atoms. The van der Waals surface area contributed by atoms with Crippen molar-refractivity contribution in [1.29, 1.82) is 0 Å². The summed E-state index contributed by atoms with van der Waals surface area (Å²) in [6.45, 7) is 5.70. The van der Waals surface area contributed by atoms with Crippen LogP contribution in [0.4, 0.5) is 5.13 Å². The predicted octanol–water partition coefficient (Wildman–Crippen LogP) is 1.98. The number of amides is 1. The van der Waals surface area contributed by atoms with Gasteiger partial charge in [-0.1, -0.05) is 43.4 Å². The Morgan fingerprint density at radius 1 is 1.28 bits per heavy atom. The summed E-state index contributed by atoms with van der Waals surface area (Å²) >= 11 is 0.783. The molecule has 0 unspecified atom stereocenters. The predicted molar refractivity (Wildman–Crippen MR) is 95.4 cm³/mol. The van der Waals surface area contributed by atoms with Gasteiger partial charge in [-0.05, 0) is 17.5 Å². The van der Waals surface area contributed by atoms with Crippen molar-refractivity contribution < 1.29 is 17.9 Å². The average Bonchev–Trinajstić information content (AvgIpc) is 3.00. The number of benzene rings is 1. The van der Waals surface area contributed by atoms with E-state index in [1.54, 1.807) is 0 Å². The maximum Gasteiger partial charge on any atom is 0.269 e. The molecule has 0 saturated carbocycles. The number of hydrogen-bond donors (Lipinski definition) is 2. The van der Waals surface area contributed by atoms with Crippen LogP contribution in [-0.4, -0.2) is 37.7 Å². The Bertz CT molecular complexity index is 834. The largest absolute Gasteiger partial charge is 0.492 e. The third kappa shape index (κ3) is 5.48. The fraction of sp³-hybridized carbons (Fsp3) is 0.400. The molecule has 1 heterocycles. The van der Waals surface area contributed by atoms with Crippen molar-refractivity contribution in [1.82, 2.24) is 14.9 Å². The monoisotopic (exact) mass is 384 g/mol. The van der Waals surface area contributed by atoms with Crippen molar-refractivity contribution in [2.24, 2.45) is 0 Å². The van der Waals surface area contributed by atoms with Gasteiger partial charge in [-0.25, -0.2) is 13.1 Å². The molecule has 0 spiro atoms. The summed E-state index contributed by atoms with van der Waals surface area (Å²) in [4.78, 5) is 10.9. The smallest absolute Gasteiger partial charge is 0.269 e. The molecular formula is C15H20N4O4S2. The molecule has 1 aromatic carbocycles. The minimum Gasteiger partial charge on any atom is -0.492 e. The van der Waals surface area contributed by atoms with E-state index in [1.807, 2.05) is 24.3 Å². The Morgan fingerprint density at radius 3 is 2.68 bits per heavy atom. The first-order valence-electron chi connectivity index (χ1n) is 7.62. The molecule has 0 aliphatic carbocycles. The lowest BCUT2D eigenvalue weighted by atomic mass is 10.0. The van der Waals surface area contributed by atoms with Gasteiger partial charge in [0, 0.05) is 13.5 Å². The van der Waals surface area contributed by atoms with Crippen LogP contribution in [0.5, 0.6) is 5.75 Å². The highest BCUT2D eigenvalue weighted by Crippen LogP contribution is 2.25. The van der Waals surface area contributed by atoms with Crippen molar-refractivity contribution >= 4 is 32.4 Å². The van der Waals surface area contributed by atoms with Crippen molar-refractivity contribution in [3.63, 3.8) is 0 Å². The molecule has 2 N–H and O–H groups in total. The van der Waals surface area contributed by atoms with Gasteiger partial charge in [0.2, 0.25) is 15.4 Å². The Kier molecular flexibility index (Phi) is 6.45. The van der Waals surface area contributed by atoms with Gasteiger partial charge in [0.25, 0.3) is 10.0 Å². The van der Waals surface area contributed by atoms with Crippen molar-refractivity contribution in [3.8, 4) is 5.75 Å². The first-order valence-corrected chi connectivity index (χ1v) is 9.92. The number of hydrogen-bond acceptors (Lipinski definition) is 7. The van der Waals surface area contributed by atoms with E-state index >= 15 is 0 Å². The second-order valence-corrected chi connectivity index (χ2v) is 8.41. The molecule has 2 aromatic rings. The summed E-state index contributed by atoms with van der Waals surface area (Å²) < 4.78 is 32.2. The van der Waals surface area contributed by atoms with Gasteiger partial charge >= 0.3 is 0 Å². The molecule has 0 fully saturated rings. The van der Waals surface area contributed by atoms with Crippen LogP contribution in [0.2, 0.25) is 0 Å². The number of carbonyl (C=O) groups is 1. The molecule has 1 amide bonds. The first kappa shape index (κ1) is 19.3. The summed E-state index contributed by atoms with van der Waals surface area (Å²) in [7, 11) is -3.79. The standard InChI is InChI=1S/C15H20N4O4S2/c1-10(2)12-6-4-5-7-13(12)23-9-8-16-25(21,22)15-19-18-14(24-15)17-11(3)20/h4-7,10,16H,8-9H2,1-3H3,(H,17,18,20). The highest BCUT2D eigenvalue weighted by molar-refractivity contribution is 7.91. The normalized spacial score (nSPS) is 11.5. The number of sulfonamides is 1. The third-order valence-corrected chi connectivity index (χ3v) is 5.78. The molecule has 0 radical (unpaired) electrons. The van der Waals surface area contributed by atoms with Crippen LogP contribution in [0.15, 0.2) is 28.6 Å². The molecule has 8 nitrogen and oxygen atoms in total. The number of anilines is 1. The van der Waals surface area contributed by atoms with Crippen molar-refractivity contribution in [2.45, 2.75) is 31.0 Å². The molecule has 0 aliphatic heterocycles. The molecular weight excluding hydrogens is 364 g/mol. The van der Waals surface area contributed by atoms with Crippen LogP contribution in [0.1, 0.15) is 32.3 Å². The average molecular weight is 384 g/mol. The van der Waals surface area contributed by atoms with Crippen LogP contribution in [0.3, 0.4) is 0 Å². The molecule has 1 aromatic heterocycles. The zero-order chi connectivity index (χ0) is 18.4. The van der Waals surface area contributed by atoms with E-state index in [0.717, 1.165) is 22.6 Å². The lowest BCUT2D eigenvalue weighted by Gasteiger charge is -2.13. The maximum absolute atomic E-state index is 12.1. The maximum atomic E-state index is 12.1. The zero-order valence-corrected chi connectivity index (χ0v) is 15.8. The van der Waals surface area contributed by atoms with E-state index < -0.39 is 10.0 Å². The Hall–Kier alpha value is -2.04. The highest BCUT2D eigenvalue weighted by Gasteiger charge is 2.20. The van der Waals surface area contributed by atoms with E-state index in [1.165, 1.54) is 6.92 Å². The fourth-order valence-corrected chi connectivity index (χ4v) is 4.01. The van der Waals surface area contributed by atoms with E-state index in [4.69, 9.17) is 4.74 Å². The van der Waals surface area contributed by atoms with Gasteiger partial charge in [0.1, 0.15) is 12.4 Å². The number of nitrogens with one attached hydrogen (secondary N) is 2. The van der Waals surface area contributed by atoms with Gasteiger partial charge in [-0.15, -0.1) is 10.2 Å². The van der Waals surface area contributed by atoms with Gasteiger partial charge in [-0.3, -0.25) is 4.79 Å². The Morgan fingerprint density at radius 2 is 2.00 bits per heavy atom. The summed E-state index contributed by atoms with van der Waals surface area (Å²) in [6, 6.07) is 7.65. The number of rotatable bonds is 8. The molecule has 0 atom stereocenters. The third-order valence-electron chi connectivity index (χ3n) is 3.11. The van der Waals surface area contributed by atoms with Crippen LogP contribution >= 0.6 is 11.3 Å². The minimum absolute atomic E-state index is 0.0871. The van der Waals surface area contributed by atoms with Gasteiger partial charge in [0.05, 0.1) is 0 Å². The SMILES string of the molecule is CC(=O)Nc1nnc(S(=O)(=O)NCCOc2ccccc2C(C)C)s1. The second-order valence-electron chi connectivity index (χ2n) is 5.49. The molecule has 0 saturated heterocycles. The number of para-hydroxylation sites is 1. The molecule has 136 valence electrons. The van der Waals surface area contributed by atoms with Crippen LogP contribution in [-0.2, 0) is 14.8 Å². The molecule has 10 heteroatoms. The van der Waals surface area contributed by atoms with Gasteiger partial charge in [0.15, 0.2) is 0 Å². The number of ether oxygens (including phenoxy) is 1. The van der Waals surface area contributed by atoms with Crippen LogP contribution < -0.4 is 14.8 Å². The van der Waals surface area contributed by atoms with E-state index in [9.17, 15) is 13.2 Å². The van der Waals surface area contributed by atoms with Crippen LogP contribution in [0.25, 0.3) is 0 Å². The number of aromatic nitrogens is 2. The van der Waals surface area contributed by atoms with E-state index in [-0.39, 0.29) is 28.5 Å². The lowest BCUT2D eigenvalue weighted by molar-refractivity contribution is -0.114. The summed E-state index contributed by atoms with van der Waals surface area (Å²) in [5, 5.41) is 9.72. The quantitative estimate of drug-likeness (QED) is 0.532. The van der Waals surface area contributed by atoms with E-state index in [2.05, 4.69) is 34.1 Å². The lowest BCUT2D eigenvalue weighted by Crippen LogP contribution is -2.28. The summed E-state index contributed by atoms with van der Waals surface area (Å²) in [5.41, 5.74) is 1.06. The van der Waals surface area contributed by atoms with Crippen molar-refractivity contribution in [2.75, 3.05) is 18.5 Å². The molecule has 25 heavy (non-hydrogen) atoms. The highest BCUT2D eigenvalue weighted by atomic mass is 32.2. The second kappa shape index (κ2) is 8.37. The molecule has 0 aliphatic rings. The Labute approximate surface area is 150 Å².